The number of aromatic carboxylic acids is 1. The SMILES string of the molecule is C=CC(=O)Nc1cc(Nc2cnc(-c3ccc4cccc(NC(=O)C=C)c4c3)nc2C(=O)OC)cc2ccc(-c3ncc(N)c(C(=O)O)n3)cc12. The maximum Gasteiger partial charge on any atom is 0.358 e. The number of nitrogen functional groups attached to an aromatic ring is 1. The molecule has 0 saturated heterocycles. The first kappa shape index (κ1) is 33.4. The van der Waals surface area contributed by atoms with Crippen molar-refractivity contribution in [3.63, 3.8) is 0 Å². The van der Waals surface area contributed by atoms with Crippen LogP contribution >= 0.6 is 0 Å². The van der Waals surface area contributed by atoms with Crippen molar-refractivity contribution in [2.75, 3.05) is 28.8 Å². The Morgan fingerprint density at radius 3 is 2.00 bits per heavy atom. The molecule has 14 nitrogen and oxygen atoms in total. The van der Waals surface area contributed by atoms with Gasteiger partial charge in [0.05, 0.1) is 36.6 Å². The number of hydrogen-bond donors (Lipinski definition) is 5. The number of aromatic nitrogens is 4. The average molecular weight is 681 g/mol. The normalized spacial score (nSPS) is 10.7. The molecule has 0 bridgehead atoms. The Morgan fingerprint density at radius 1 is 0.745 bits per heavy atom. The van der Waals surface area contributed by atoms with Crippen LogP contribution in [0.15, 0.2) is 104 Å². The first-order valence-electron chi connectivity index (χ1n) is 15.1. The molecule has 0 radical (unpaired) electrons. The number of methoxy groups -OCH3 is 1. The zero-order chi connectivity index (χ0) is 36.2. The number of carbonyl (C=O) groups is 4. The van der Waals surface area contributed by atoms with Gasteiger partial charge in [0, 0.05) is 33.3 Å². The van der Waals surface area contributed by atoms with Crippen LogP contribution in [0.2, 0.25) is 0 Å². The third-order valence-electron chi connectivity index (χ3n) is 7.71. The van der Waals surface area contributed by atoms with E-state index in [-0.39, 0.29) is 40.3 Å². The number of carbonyl (C=O) groups excluding carboxylic acids is 3. The number of anilines is 5. The van der Waals surface area contributed by atoms with E-state index < -0.39 is 17.8 Å². The summed E-state index contributed by atoms with van der Waals surface area (Å²) in [6, 6.07) is 19.5. The van der Waals surface area contributed by atoms with Crippen molar-refractivity contribution < 1.29 is 29.0 Å². The number of fused-ring (bicyclic) bond motifs is 2. The summed E-state index contributed by atoms with van der Waals surface area (Å²) < 4.78 is 5.05. The van der Waals surface area contributed by atoms with Gasteiger partial charge in [0.1, 0.15) is 0 Å². The topological polar surface area (TPSA) is 211 Å². The van der Waals surface area contributed by atoms with Crippen LogP contribution in [0.1, 0.15) is 21.0 Å². The molecule has 2 amide bonds. The maximum atomic E-state index is 13.0. The minimum atomic E-state index is -1.30. The lowest BCUT2D eigenvalue weighted by molar-refractivity contribution is -0.112. The summed E-state index contributed by atoms with van der Waals surface area (Å²) in [6.45, 7) is 7.04. The molecule has 0 aliphatic rings. The third kappa shape index (κ3) is 6.91. The molecule has 0 spiro atoms. The number of nitrogens with one attached hydrogen (secondary N) is 3. The Bertz CT molecular complexity index is 2450. The van der Waals surface area contributed by atoms with Crippen molar-refractivity contribution in [2.45, 2.75) is 0 Å². The van der Waals surface area contributed by atoms with E-state index in [0.29, 0.717) is 39.0 Å². The highest BCUT2D eigenvalue weighted by molar-refractivity contribution is 6.09. The Kier molecular flexibility index (Phi) is 9.13. The highest BCUT2D eigenvalue weighted by Crippen LogP contribution is 2.34. The lowest BCUT2D eigenvalue weighted by atomic mass is 10.0. The fourth-order valence-electron chi connectivity index (χ4n) is 5.28. The van der Waals surface area contributed by atoms with Crippen molar-refractivity contribution >= 4 is 73.7 Å². The number of hydrogen-bond acceptors (Lipinski definition) is 11. The Hall–Kier alpha value is -7.48. The molecule has 0 aliphatic heterocycles. The predicted molar refractivity (Wildman–Crippen MR) is 194 cm³/mol. The fraction of sp³-hybridized carbons (Fsp3) is 0.0270. The smallest absolute Gasteiger partial charge is 0.358 e. The van der Waals surface area contributed by atoms with E-state index >= 15 is 0 Å². The number of carboxylic acid groups (broad SMARTS) is 1. The minimum Gasteiger partial charge on any atom is -0.476 e. The van der Waals surface area contributed by atoms with Crippen molar-refractivity contribution in [3.05, 3.63) is 116 Å². The molecule has 0 aliphatic carbocycles. The van der Waals surface area contributed by atoms with Crippen LogP contribution in [0, 0.1) is 0 Å². The molecular formula is C37H28N8O6. The minimum absolute atomic E-state index is 0.0577. The molecule has 0 unspecified atom stereocenters. The molecule has 0 atom stereocenters. The van der Waals surface area contributed by atoms with Gasteiger partial charge in [-0.3, -0.25) is 9.59 Å². The molecule has 2 heterocycles. The lowest BCUT2D eigenvalue weighted by Gasteiger charge is -2.15. The fourth-order valence-corrected chi connectivity index (χ4v) is 5.28. The molecule has 6 aromatic rings. The van der Waals surface area contributed by atoms with Gasteiger partial charge in [-0.25, -0.2) is 29.5 Å². The molecule has 2 aromatic heterocycles. The number of rotatable bonds is 10. The second-order valence-electron chi connectivity index (χ2n) is 11.0. The summed E-state index contributed by atoms with van der Waals surface area (Å²) in [5.74, 6) is -2.52. The average Bonchev–Trinajstić information content (AvgIpc) is 3.14. The van der Waals surface area contributed by atoms with Gasteiger partial charge in [-0.15, -0.1) is 0 Å². The standard InChI is InChI=1S/C37H28N8O6/c1-4-30(46)42-27-8-6-7-19-9-11-21(14-24(19)27)35-40-18-29(33(45-35)37(50)51-3)41-23-13-20-10-12-22(15-25(20)28(16-23)43-31(47)5-2)34-39-17-26(38)32(44-34)36(48)49/h4-18,41H,1-2,38H2,3H3,(H,42,46)(H,43,47)(H,48,49). The number of carboxylic acids is 1. The molecular weight excluding hydrogens is 652 g/mol. The molecule has 6 N–H and O–H groups in total. The van der Waals surface area contributed by atoms with E-state index in [1.807, 2.05) is 24.3 Å². The molecule has 6 rings (SSSR count). The van der Waals surface area contributed by atoms with Crippen LogP contribution < -0.4 is 21.7 Å². The summed E-state index contributed by atoms with van der Waals surface area (Å²) in [4.78, 5) is 66.5. The van der Waals surface area contributed by atoms with Crippen LogP contribution in [0.3, 0.4) is 0 Å². The number of amides is 2. The first-order chi connectivity index (χ1) is 24.6. The van der Waals surface area contributed by atoms with E-state index in [1.54, 1.807) is 42.5 Å². The van der Waals surface area contributed by atoms with Gasteiger partial charge in [-0.2, -0.15) is 0 Å². The molecule has 14 heteroatoms. The monoisotopic (exact) mass is 680 g/mol. The van der Waals surface area contributed by atoms with Gasteiger partial charge in [0.2, 0.25) is 11.8 Å². The molecule has 252 valence electrons. The number of ether oxygens (including phenoxy) is 1. The number of nitrogens with zero attached hydrogens (tertiary/aromatic N) is 4. The third-order valence-corrected chi connectivity index (χ3v) is 7.71. The van der Waals surface area contributed by atoms with Crippen LogP contribution in [-0.2, 0) is 14.3 Å². The van der Waals surface area contributed by atoms with E-state index in [4.69, 9.17) is 10.5 Å². The second-order valence-corrected chi connectivity index (χ2v) is 11.0. The van der Waals surface area contributed by atoms with Crippen molar-refractivity contribution in [2.24, 2.45) is 0 Å². The van der Waals surface area contributed by atoms with Gasteiger partial charge < -0.3 is 31.5 Å². The van der Waals surface area contributed by atoms with Crippen molar-refractivity contribution in [3.8, 4) is 22.8 Å². The number of benzene rings is 4. The maximum absolute atomic E-state index is 13.0. The Balaban J connectivity index is 1.40. The van der Waals surface area contributed by atoms with E-state index in [0.717, 1.165) is 16.8 Å². The first-order valence-corrected chi connectivity index (χ1v) is 15.1. The van der Waals surface area contributed by atoms with Gasteiger partial charge >= 0.3 is 11.9 Å². The van der Waals surface area contributed by atoms with Crippen LogP contribution in [0.5, 0.6) is 0 Å². The van der Waals surface area contributed by atoms with Crippen LogP contribution in [-0.4, -0.2) is 55.9 Å². The lowest BCUT2D eigenvalue weighted by Crippen LogP contribution is -2.11. The summed E-state index contributed by atoms with van der Waals surface area (Å²) in [5.41, 5.74) is 7.92. The van der Waals surface area contributed by atoms with Gasteiger partial charge in [-0.1, -0.05) is 49.6 Å². The summed E-state index contributed by atoms with van der Waals surface area (Å²) in [5, 5.41) is 21.0. The summed E-state index contributed by atoms with van der Waals surface area (Å²) >= 11 is 0. The highest BCUT2D eigenvalue weighted by atomic mass is 16.5. The molecule has 0 fully saturated rings. The Labute approximate surface area is 289 Å². The van der Waals surface area contributed by atoms with Gasteiger partial charge in [-0.05, 0) is 53.3 Å². The molecule has 0 saturated carbocycles. The van der Waals surface area contributed by atoms with E-state index in [9.17, 15) is 24.3 Å². The van der Waals surface area contributed by atoms with Crippen LogP contribution in [0.25, 0.3) is 44.3 Å². The highest BCUT2D eigenvalue weighted by Gasteiger charge is 2.19. The van der Waals surface area contributed by atoms with Gasteiger partial charge in [0.15, 0.2) is 23.0 Å². The largest absolute Gasteiger partial charge is 0.476 e. The predicted octanol–water partition coefficient (Wildman–Crippen LogP) is 5.97. The van der Waals surface area contributed by atoms with Crippen LogP contribution in [0.4, 0.5) is 28.4 Å². The molecule has 4 aromatic carbocycles. The summed E-state index contributed by atoms with van der Waals surface area (Å²) in [7, 11) is 1.24. The van der Waals surface area contributed by atoms with E-state index in [1.165, 1.54) is 25.6 Å². The van der Waals surface area contributed by atoms with E-state index in [2.05, 4.69) is 49.0 Å². The number of esters is 1. The van der Waals surface area contributed by atoms with Crippen molar-refractivity contribution in [1.82, 2.24) is 19.9 Å². The number of nitrogens with two attached hydrogens (primary N) is 1. The summed E-state index contributed by atoms with van der Waals surface area (Å²) in [6.07, 6.45) is 4.95. The Morgan fingerprint density at radius 2 is 1.35 bits per heavy atom. The molecule has 51 heavy (non-hydrogen) atoms. The second kappa shape index (κ2) is 13.9. The van der Waals surface area contributed by atoms with Gasteiger partial charge in [0.25, 0.3) is 0 Å². The quantitative estimate of drug-likeness (QED) is 0.0837. The zero-order valence-electron chi connectivity index (χ0n) is 26.9. The zero-order valence-corrected chi connectivity index (χ0v) is 26.9. The van der Waals surface area contributed by atoms with Crippen molar-refractivity contribution in [1.29, 1.82) is 0 Å².